The molecule has 96 valence electrons. The number of aliphatic hydroxyl groups is 1. The minimum absolute atomic E-state index is 0.155. The molecule has 0 spiro atoms. The highest BCUT2D eigenvalue weighted by atomic mass is 79.9. The second-order valence-corrected chi connectivity index (χ2v) is 12.1. The molecule has 0 bridgehead atoms. The standard InChI is InChI=1S/C13H20BrFOSi/c1-13(2,3)17(4,5)12-7-11(15)9(8-16)6-10(12)14/h6-7,16H,8H2,1-5H3. The molecule has 0 aliphatic carbocycles. The van der Waals surface area contributed by atoms with E-state index in [1.165, 1.54) is 0 Å². The van der Waals surface area contributed by atoms with Gasteiger partial charge in [-0.15, -0.1) is 0 Å². The minimum atomic E-state index is -1.76. The predicted molar refractivity (Wildman–Crippen MR) is 76.9 cm³/mol. The second kappa shape index (κ2) is 4.82. The van der Waals surface area contributed by atoms with Crippen LogP contribution in [0.15, 0.2) is 16.6 Å². The van der Waals surface area contributed by atoms with E-state index in [4.69, 9.17) is 5.11 Å². The number of rotatable bonds is 2. The Morgan fingerprint density at radius 1 is 1.29 bits per heavy atom. The summed E-state index contributed by atoms with van der Waals surface area (Å²) in [6.07, 6.45) is 0. The van der Waals surface area contributed by atoms with Crippen LogP contribution in [0, 0.1) is 5.82 Å². The van der Waals surface area contributed by atoms with Gasteiger partial charge in [0, 0.05) is 10.0 Å². The molecule has 17 heavy (non-hydrogen) atoms. The molecule has 1 rings (SSSR count). The van der Waals surface area contributed by atoms with Gasteiger partial charge in [0.05, 0.1) is 14.7 Å². The van der Waals surface area contributed by atoms with E-state index in [0.29, 0.717) is 5.56 Å². The number of hydrogen-bond donors (Lipinski definition) is 1. The summed E-state index contributed by atoms with van der Waals surface area (Å²) >= 11 is 3.51. The first-order valence-electron chi connectivity index (χ1n) is 5.70. The van der Waals surface area contributed by atoms with E-state index >= 15 is 0 Å². The minimum Gasteiger partial charge on any atom is -0.392 e. The number of aliphatic hydroxyl groups excluding tert-OH is 1. The Labute approximate surface area is 112 Å². The van der Waals surface area contributed by atoms with E-state index in [9.17, 15) is 4.39 Å². The maximum Gasteiger partial charge on any atom is 0.128 e. The van der Waals surface area contributed by atoms with Crippen molar-refractivity contribution in [1.82, 2.24) is 0 Å². The van der Waals surface area contributed by atoms with Crippen molar-refractivity contribution in [2.75, 3.05) is 0 Å². The zero-order valence-electron chi connectivity index (χ0n) is 11.1. The first kappa shape index (κ1) is 14.9. The molecule has 1 aromatic carbocycles. The van der Waals surface area contributed by atoms with Gasteiger partial charge < -0.3 is 5.11 Å². The van der Waals surface area contributed by atoms with Crippen LogP contribution in [-0.2, 0) is 6.61 Å². The van der Waals surface area contributed by atoms with Crippen LogP contribution >= 0.6 is 15.9 Å². The van der Waals surface area contributed by atoms with Crippen LogP contribution in [0.5, 0.6) is 0 Å². The molecule has 0 aromatic heterocycles. The molecule has 0 fully saturated rings. The van der Waals surface area contributed by atoms with Gasteiger partial charge in [-0.05, 0) is 22.4 Å². The Morgan fingerprint density at radius 2 is 1.82 bits per heavy atom. The predicted octanol–water partition coefficient (Wildman–Crippen LogP) is 3.80. The molecule has 0 aliphatic heterocycles. The summed E-state index contributed by atoms with van der Waals surface area (Å²) in [5.74, 6) is -0.310. The van der Waals surface area contributed by atoms with Crippen molar-refractivity contribution in [2.45, 2.75) is 45.5 Å². The highest BCUT2D eigenvalue weighted by Crippen LogP contribution is 2.37. The summed E-state index contributed by atoms with van der Waals surface area (Å²) in [5.41, 5.74) is 0.347. The van der Waals surface area contributed by atoms with Crippen LogP contribution < -0.4 is 5.19 Å². The third-order valence-electron chi connectivity index (χ3n) is 3.85. The summed E-state index contributed by atoms with van der Waals surface area (Å²) in [6.45, 7) is 10.8. The van der Waals surface area contributed by atoms with Crippen molar-refractivity contribution in [1.29, 1.82) is 0 Å². The summed E-state index contributed by atoms with van der Waals surface area (Å²) in [7, 11) is -1.76. The maximum absolute atomic E-state index is 13.8. The Bertz CT molecular complexity index is 424. The number of hydrogen-bond acceptors (Lipinski definition) is 1. The van der Waals surface area contributed by atoms with Crippen molar-refractivity contribution in [2.24, 2.45) is 0 Å². The van der Waals surface area contributed by atoms with Crippen LogP contribution in [0.1, 0.15) is 26.3 Å². The van der Waals surface area contributed by atoms with Crippen molar-refractivity contribution in [3.05, 3.63) is 28.0 Å². The molecule has 0 heterocycles. The van der Waals surface area contributed by atoms with Gasteiger partial charge in [-0.3, -0.25) is 0 Å². The topological polar surface area (TPSA) is 20.2 Å². The highest BCUT2D eigenvalue weighted by Gasteiger charge is 2.38. The summed E-state index contributed by atoms with van der Waals surface area (Å²) < 4.78 is 14.7. The van der Waals surface area contributed by atoms with Crippen molar-refractivity contribution < 1.29 is 9.50 Å². The first-order valence-corrected chi connectivity index (χ1v) is 9.50. The van der Waals surface area contributed by atoms with Crippen LogP contribution in [0.4, 0.5) is 4.39 Å². The normalized spacial score (nSPS) is 12.9. The van der Waals surface area contributed by atoms with Crippen LogP contribution in [0.3, 0.4) is 0 Å². The molecular weight excluding hydrogens is 299 g/mol. The quantitative estimate of drug-likeness (QED) is 0.822. The molecule has 0 saturated carbocycles. The summed E-state index contributed by atoms with van der Waals surface area (Å²) in [5, 5.41) is 10.3. The third kappa shape index (κ3) is 2.80. The van der Waals surface area contributed by atoms with E-state index in [-0.39, 0.29) is 17.5 Å². The van der Waals surface area contributed by atoms with Crippen LogP contribution in [0.25, 0.3) is 0 Å². The Balaban J connectivity index is 3.38. The molecule has 4 heteroatoms. The van der Waals surface area contributed by atoms with Gasteiger partial charge in [0.25, 0.3) is 0 Å². The van der Waals surface area contributed by atoms with Crippen molar-refractivity contribution in [3.8, 4) is 0 Å². The fraction of sp³-hybridized carbons (Fsp3) is 0.538. The first-order chi connectivity index (χ1) is 7.61. The van der Waals surface area contributed by atoms with E-state index in [2.05, 4.69) is 49.8 Å². The largest absolute Gasteiger partial charge is 0.392 e. The molecule has 0 amide bonds. The summed E-state index contributed by atoms with van der Waals surface area (Å²) in [6, 6.07) is 3.29. The lowest BCUT2D eigenvalue weighted by atomic mass is 10.2. The monoisotopic (exact) mass is 318 g/mol. The van der Waals surface area contributed by atoms with E-state index in [1.807, 2.05) is 0 Å². The molecule has 1 nitrogen and oxygen atoms in total. The van der Waals surface area contributed by atoms with Gasteiger partial charge in [-0.1, -0.05) is 49.8 Å². The fourth-order valence-corrected chi connectivity index (χ4v) is 5.43. The molecule has 0 unspecified atom stereocenters. The smallest absolute Gasteiger partial charge is 0.128 e. The molecule has 0 radical (unpaired) electrons. The van der Waals surface area contributed by atoms with Gasteiger partial charge in [0.2, 0.25) is 0 Å². The Hall–Kier alpha value is -0.193. The number of benzene rings is 1. The Kier molecular flexibility index (Phi) is 4.22. The van der Waals surface area contributed by atoms with Gasteiger partial charge in [0.1, 0.15) is 5.82 Å². The van der Waals surface area contributed by atoms with Gasteiger partial charge in [-0.25, -0.2) is 4.39 Å². The van der Waals surface area contributed by atoms with Gasteiger partial charge in [-0.2, -0.15) is 0 Å². The molecule has 0 aliphatic rings. The molecule has 0 saturated heterocycles. The molecule has 1 N–H and O–H groups in total. The zero-order valence-corrected chi connectivity index (χ0v) is 13.7. The molecule has 0 atom stereocenters. The molecular formula is C13H20BrFOSi. The van der Waals surface area contributed by atoms with Crippen molar-refractivity contribution in [3.63, 3.8) is 0 Å². The third-order valence-corrected chi connectivity index (χ3v) is 10.4. The lowest BCUT2D eigenvalue weighted by molar-refractivity contribution is 0.275. The lowest BCUT2D eigenvalue weighted by Gasteiger charge is -2.38. The van der Waals surface area contributed by atoms with Crippen molar-refractivity contribution >= 4 is 29.2 Å². The van der Waals surface area contributed by atoms with E-state index in [0.717, 1.165) is 9.66 Å². The Morgan fingerprint density at radius 3 is 2.24 bits per heavy atom. The maximum atomic E-state index is 13.8. The van der Waals surface area contributed by atoms with E-state index < -0.39 is 8.07 Å². The average Bonchev–Trinajstić information content (AvgIpc) is 2.18. The van der Waals surface area contributed by atoms with Crippen LogP contribution in [-0.4, -0.2) is 13.2 Å². The zero-order chi connectivity index (χ0) is 13.4. The molecule has 1 aromatic rings. The lowest BCUT2D eigenvalue weighted by Crippen LogP contribution is -2.50. The second-order valence-electron chi connectivity index (χ2n) is 5.96. The van der Waals surface area contributed by atoms with Gasteiger partial charge in [0.15, 0.2) is 0 Å². The highest BCUT2D eigenvalue weighted by molar-refractivity contribution is 9.10. The van der Waals surface area contributed by atoms with Crippen LogP contribution in [0.2, 0.25) is 18.1 Å². The van der Waals surface area contributed by atoms with E-state index in [1.54, 1.807) is 12.1 Å². The summed E-state index contributed by atoms with van der Waals surface area (Å²) in [4.78, 5) is 0. The SMILES string of the molecule is CC(C)(C)[Si](C)(C)c1cc(F)c(CO)cc1Br. The number of halogens is 2. The average molecular weight is 319 g/mol. The van der Waals surface area contributed by atoms with Gasteiger partial charge >= 0.3 is 0 Å². The fourth-order valence-electron chi connectivity index (χ4n) is 1.59.